The third kappa shape index (κ3) is 5.43. The Morgan fingerprint density at radius 1 is 1.04 bits per heavy atom. The van der Waals surface area contributed by atoms with E-state index < -0.39 is 0 Å². The van der Waals surface area contributed by atoms with Crippen LogP contribution in [-0.2, 0) is 11.3 Å². The van der Waals surface area contributed by atoms with Crippen LogP contribution in [0.1, 0.15) is 27.9 Å². The van der Waals surface area contributed by atoms with Crippen LogP contribution in [0, 0.1) is 6.92 Å². The molecule has 0 aliphatic heterocycles. The van der Waals surface area contributed by atoms with E-state index in [0.29, 0.717) is 18.7 Å². The van der Waals surface area contributed by atoms with Gasteiger partial charge in [-0.1, -0.05) is 29.8 Å². The van der Waals surface area contributed by atoms with Crippen molar-refractivity contribution in [3.8, 4) is 5.75 Å². The van der Waals surface area contributed by atoms with Crippen LogP contribution in [0.5, 0.6) is 5.75 Å². The lowest BCUT2D eigenvalue weighted by Crippen LogP contribution is -2.30. The van der Waals surface area contributed by atoms with Gasteiger partial charge in [-0.15, -0.1) is 0 Å². The molecule has 0 fully saturated rings. The average molecular weight is 326 g/mol. The van der Waals surface area contributed by atoms with Crippen molar-refractivity contribution in [1.82, 2.24) is 10.6 Å². The normalized spacial score (nSPS) is 10.1. The lowest BCUT2D eigenvalue weighted by Gasteiger charge is -2.08. The Kier molecular flexibility index (Phi) is 6.37. The van der Waals surface area contributed by atoms with Gasteiger partial charge in [0.1, 0.15) is 5.75 Å². The number of benzene rings is 2. The second-order valence-corrected chi connectivity index (χ2v) is 5.50. The molecule has 0 saturated carbocycles. The van der Waals surface area contributed by atoms with Crippen molar-refractivity contribution < 1.29 is 14.3 Å². The van der Waals surface area contributed by atoms with Crippen LogP contribution in [0.15, 0.2) is 48.5 Å². The number of amides is 2. The van der Waals surface area contributed by atoms with E-state index in [1.807, 2.05) is 49.4 Å². The third-order valence-electron chi connectivity index (χ3n) is 3.57. The van der Waals surface area contributed by atoms with Crippen LogP contribution >= 0.6 is 0 Å². The Hall–Kier alpha value is -2.82. The van der Waals surface area contributed by atoms with Crippen molar-refractivity contribution >= 4 is 11.8 Å². The topological polar surface area (TPSA) is 67.4 Å². The van der Waals surface area contributed by atoms with Gasteiger partial charge < -0.3 is 15.4 Å². The number of ether oxygens (including phenoxy) is 1. The number of carbonyl (C=O) groups is 2. The number of methoxy groups -OCH3 is 1. The van der Waals surface area contributed by atoms with Gasteiger partial charge in [0, 0.05) is 25.1 Å². The van der Waals surface area contributed by atoms with Gasteiger partial charge in [0.2, 0.25) is 5.91 Å². The molecule has 2 amide bonds. The number of rotatable bonds is 7. The molecule has 2 aromatic carbocycles. The monoisotopic (exact) mass is 326 g/mol. The highest BCUT2D eigenvalue weighted by Crippen LogP contribution is 2.10. The standard InChI is InChI=1S/C19H22N2O3/c1-14-4-3-5-16(12-14)19(23)20-11-10-18(22)21-13-15-6-8-17(24-2)9-7-15/h3-9,12H,10-11,13H2,1-2H3,(H,20,23)(H,21,22). The summed E-state index contributed by atoms with van der Waals surface area (Å²) in [5.41, 5.74) is 2.63. The van der Waals surface area contributed by atoms with Crippen LogP contribution in [-0.4, -0.2) is 25.5 Å². The Morgan fingerprint density at radius 3 is 2.46 bits per heavy atom. The Balaban J connectivity index is 1.70. The molecule has 2 rings (SSSR count). The molecule has 0 aliphatic carbocycles. The van der Waals surface area contributed by atoms with Gasteiger partial charge in [-0.25, -0.2) is 0 Å². The Morgan fingerprint density at radius 2 is 1.79 bits per heavy atom. The van der Waals surface area contributed by atoms with Crippen LogP contribution < -0.4 is 15.4 Å². The summed E-state index contributed by atoms with van der Waals surface area (Å²) >= 11 is 0. The van der Waals surface area contributed by atoms with Gasteiger partial charge in [-0.05, 0) is 36.8 Å². The maximum absolute atomic E-state index is 12.0. The van der Waals surface area contributed by atoms with Crippen molar-refractivity contribution in [2.75, 3.05) is 13.7 Å². The molecule has 24 heavy (non-hydrogen) atoms. The minimum Gasteiger partial charge on any atom is -0.497 e. The molecular formula is C19H22N2O3. The maximum Gasteiger partial charge on any atom is 0.251 e. The summed E-state index contributed by atoms with van der Waals surface area (Å²) in [4.78, 5) is 23.8. The molecule has 0 radical (unpaired) electrons. The molecule has 0 aromatic heterocycles. The Bertz CT molecular complexity index is 696. The van der Waals surface area contributed by atoms with Gasteiger partial charge in [0.05, 0.1) is 7.11 Å². The molecule has 2 N–H and O–H groups in total. The zero-order chi connectivity index (χ0) is 17.4. The van der Waals surface area contributed by atoms with Crippen LogP contribution in [0.3, 0.4) is 0 Å². The number of aryl methyl sites for hydroxylation is 1. The maximum atomic E-state index is 12.0. The smallest absolute Gasteiger partial charge is 0.251 e. The van der Waals surface area contributed by atoms with Crippen molar-refractivity contribution in [2.24, 2.45) is 0 Å². The number of carbonyl (C=O) groups excluding carboxylic acids is 2. The van der Waals surface area contributed by atoms with Crippen molar-refractivity contribution in [3.05, 3.63) is 65.2 Å². The first-order chi connectivity index (χ1) is 11.6. The summed E-state index contributed by atoms with van der Waals surface area (Å²) in [7, 11) is 1.61. The molecule has 0 heterocycles. The quantitative estimate of drug-likeness (QED) is 0.821. The fourth-order valence-corrected chi connectivity index (χ4v) is 2.21. The van der Waals surface area contributed by atoms with Crippen molar-refractivity contribution in [1.29, 1.82) is 0 Å². The molecule has 126 valence electrons. The number of hydrogen-bond donors (Lipinski definition) is 2. The first-order valence-corrected chi connectivity index (χ1v) is 7.83. The van der Waals surface area contributed by atoms with Crippen LogP contribution in [0.25, 0.3) is 0 Å². The first kappa shape index (κ1) is 17.5. The van der Waals surface area contributed by atoms with E-state index >= 15 is 0 Å². The second-order valence-electron chi connectivity index (χ2n) is 5.50. The zero-order valence-corrected chi connectivity index (χ0v) is 14.0. The highest BCUT2D eigenvalue weighted by molar-refractivity contribution is 5.94. The van der Waals surface area contributed by atoms with Gasteiger partial charge in [-0.3, -0.25) is 9.59 Å². The highest BCUT2D eigenvalue weighted by atomic mass is 16.5. The molecule has 2 aromatic rings. The molecule has 0 bridgehead atoms. The first-order valence-electron chi connectivity index (χ1n) is 7.83. The average Bonchev–Trinajstić information content (AvgIpc) is 2.60. The number of hydrogen-bond acceptors (Lipinski definition) is 3. The predicted octanol–water partition coefficient (Wildman–Crippen LogP) is 2.44. The van der Waals surface area contributed by atoms with E-state index in [0.717, 1.165) is 16.9 Å². The summed E-state index contributed by atoms with van der Waals surface area (Å²) in [5, 5.41) is 5.58. The van der Waals surface area contributed by atoms with E-state index in [-0.39, 0.29) is 18.2 Å². The van der Waals surface area contributed by atoms with E-state index in [1.54, 1.807) is 13.2 Å². The Labute approximate surface area is 142 Å². The molecule has 0 atom stereocenters. The molecule has 0 spiro atoms. The molecule has 5 heteroatoms. The SMILES string of the molecule is COc1ccc(CNC(=O)CCNC(=O)c2cccc(C)c2)cc1. The van der Waals surface area contributed by atoms with Gasteiger partial charge >= 0.3 is 0 Å². The van der Waals surface area contributed by atoms with Crippen molar-refractivity contribution in [3.63, 3.8) is 0 Å². The molecule has 5 nitrogen and oxygen atoms in total. The van der Waals surface area contributed by atoms with E-state index in [1.165, 1.54) is 0 Å². The fraction of sp³-hybridized carbons (Fsp3) is 0.263. The summed E-state index contributed by atoms with van der Waals surface area (Å²) in [6, 6.07) is 14.9. The van der Waals surface area contributed by atoms with E-state index in [4.69, 9.17) is 4.74 Å². The molecule has 0 saturated heterocycles. The van der Waals surface area contributed by atoms with Gasteiger partial charge in [-0.2, -0.15) is 0 Å². The minimum atomic E-state index is -0.165. The molecule has 0 unspecified atom stereocenters. The van der Waals surface area contributed by atoms with Gasteiger partial charge in [0.25, 0.3) is 5.91 Å². The zero-order valence-electron chi connectivity index (χ0n) is 14.0. The minimum absolute atomic E-state index is 0.102. The van der Waals surface area contributed by atoms with Crippen molar-refractivity contribution in [2.45, 2.75) is 19.9 Å². The lowest BCUT2D eigenvalue weighted by atomic mass is 10.1. The molecule has 0 aliphatic rings. The summed E-state index contributed by atoms with van der Waals surface area (Å²) in [5.74, 6) is 0.515. The number of nitrogens with one attached hydrogen (secondary N) is 2. The highest BCUT2D eigenvalue weighted by Gasteiger charge is 2.06. The summed E-state index contributed by atoms with van der Waals surface area (Å²) in [6.45, 7) is 2.69. The van der Waals surface area contributed by atoms with E-state index in [2.05, 4.69) is 10.6 Å². The predicted molar refractivity (Wildman–Crippen MR) is 93.0 cm³/mol. The fourth-order valence-electron chi connectivity index (χ4n) is 2.21. The summed E-state index contributed by atoms with van der Waals surface area (Å²) in [6.07, 6.45) is 0.244. The second kappa shape index (κ2) is 8.72. The molecular weight excluding hydrogens is 304 g/mol. The summed E-state index contributed by atoms with van der Waals surface area (Å²) < 4.78 is 5.09. The van der Waals surface area contributed by atoms with E-state index in [9.17, 15) is 9.59 Å². The largest absolute Gasteiger partial charge is 0.497 e. The van der Waals surface area contributed by atoms with Gasteiger partial charge in [0.15, 0.2) is 0 Å². The lowest BCUT2D eigenvalue weighted by molar-refractivity contribution is -0.121. The van der Waals surface area contributed by atoms with Crippen LogP contribution in [0.4, 0.5) is 0 Å². The third-order valence-corrected chi connectivity index (χ3v) is 3.57. The van der Waals surface area contributed by atoms with Crippen LogP contribution in [0.2, 0.25) is 0 Å².